The lowest BCUT2D eigenvalue weighted by Gasteiger charge is -2.23. The summed E-state index contributed by atoms with van der Waals surface area (Å²) in [5, 5.41) is 12.3. The van der Waals surface area contributed by atoms with Crippen molar-refractivity contribution in [2.75, 3.05) is 18.1 Å². The van der Waals surface area contributed by atoms with Crippen LogP contribution >= 0.6 is 38.9 Å². The Morgan fingerprint density at radius 3 is 2.56 bits per heavy atom. The van der Waals surface area contributed by atoms with E-state index < -0.39 is 17.7 Å². The number of amides is 1. The molecule has 2 aliphatic rings. The third kappa shape index (κ3) is 3.84. The first-order chi connectivity index (χ1) is 17.4. The summed E-state index contributed by atoms with van der Waals surface area (Å²) in [5.41, 5.74) is 1.61. The minimum absolute atomic E-state index is 0.0312. The van der Waals surface area contributed by atoms with Gasteiger partial charge in [-0.2, -0.15) is 0 Å². The number of carbonyl (C=O) groups excluding carboxylic acids is 2. The van der Waals surface area contributed by atoms with Crippen LogP contribution in [0.15, 0.2) is 70.7 Å². The van der Waals surface area contributed by atoms with E-state index in [2.05, 4.69) is 20.9 Å². The first kappa shape index (κ1) is 23.0. The molecule has 6 rings (SSSR count). The molecular weight excluding hydrogens is 568 g/mol. The van der Waals surface area contributed by atoms with Crippen LogP contribution in [0.2, 0.25) is 5.02 Å². The Morgan fingerprint density at radius 2 is 1.78 bits per heavy atom. The van der Waals surface area contributed by atoms with Crippen molar-refractivity contribution in [1.82, 2.24) is 4.98 Å². The minimum Gasteiger partial charge on any atom is -0.507 e. The van der Waals surface area contributed by atoms with Gasteiger partial charge in [0.1, 0.15) is 19.0 Å². The summed E-state index contributed by atoms with van der Waals surface area (Å²) in [6.45, 7) is 0.808. The number of benzene rings is 3. The van der Waals surface area contributed by atoms with Crippen molar-refractivity contribution in [3.05, 3.63) is 86.9 Å². The molecule has 3 heterocycles. The number of nitrogens with zero attached hydrogens (tertiary/aromatic N) is 2. The van der Waals surface area contributed by atoms with E-state index in [1.54, 1.807) is 48.5 Å². The Balaban J connectivity index is 1.54. The molecule has 1 aromatic heterocycles. The molecule has 180 valence electrons. The number of anilines is 1. The van der Waals surface area contributed by atoms with E-state index in [1.165, 1.54) is 16.2 Å². The number of aliphatic hydroxyl groups excluding tert-OH is 1. The summed E-state index contributed by atoms with van der Waals surface area (Å²) in [6, 6.07) is 16.5. The third-order valence-corrected chi connectivity index (χ3v) is 7.77. The summed E-state index contributed by atoms with van der Waals surface area (Å²) < 4.78 is 12.8. The van der Waals surface area contributed by atoms with Crippen LogP contribution in [-0.2, 0) is 9.59 Å². The number of Topliss-reactive ketones (excluding diaryl/α,β-unsaturated/α-hetero) is 1. The summed E-state index contributed by atoms with van der Waals surface area (Å²) in [4.78, 5) is 32.7. The fourth-order valence-corrected chi connectivity index (χ4v) is 5.86. The molecule has 0 spiro atoms. The fourth-order valence-electron chi connectivity index (χ4n) is 4.33. The fraction of sp³-hybridized carbons (Fsp3) is 0.115. The van der Waals surface area contributed by atoms with Gasteiger partial charge >= 0.3 is 5.91 Å². The molecule has 0 saturated carbocycles. The quantitative estimate of drug-likeness (QED) is 0.178. The van der Waals surface area contributed by atoms with Gasteiger partial charge in [-0.1, -0.05) is 51.0 Å². The van der Waals surface area contributed by atoms with Crippen molar-refractivity contribution in [2.24, 2.45) is 0 Å². The number of hydrogen-bond donors (Lipinski definition) is 1. The highest BCUT2D eigenvalue weighted by Gasteiger charge is 2.48. The van der Waals surface area contributed by atoms with Gasteiger partial charge in [0.2, 0.25) is 0 Å². The smallest absolute Gasteiger partial charge is 0.301 e. The number of thiazole rings is 1. The highest BCUT2D eigenvalue weighted by molar-refractivity contribution is 9.10. The SMILES string of the molecule is O=C1C(=O)N(c2nc3ccc(Cl)cc3s2)C(c2ccc(Br)cc2)/C1=C(/O)c1ccc2c(c1)OCCO2. The zero-order valence-electron chi connectivity index (χ0n) is 18.4. The van der Waals surface area contributed by atoms with Gasteiger partial charge in [0.05, 0.1) is 21.8 Å². The minimum atomic E-state index is -0.887. The highest BCUT2D eigenvalue weighted by Crippen LogP contribution is 2.45. The molecule has 2 aliphatic heterocycles. The number of aliphatic hydroxyl groups is 1. The van der Waals surface area contributed by atoms with E-state index in [1.807, 2.05) is 12.1 Å². The standard InChI is InChI=1S/C26H16BrClN2O5S/c27-15-4-1-13(2-5-15)22-21(23(31)14-3-8-18-19(11-14)35-10-9-34-18)24(32)25(33)30(22)26-29-17-7-6-16(28)12-20(17)36-26/h1-8,11-12,22,31H,9-10H2/b23-21-. The number of aromatic nitrogens is 1. The van der Waals surface area contributed by atoms with Gasteiger partial charge in [0, 0.05) is 15.1 Å². The van der Waals surface area contributed by atoms with Gasteiger partial charge in [-0.05, 0) is 54.1 Å². The second-order valence-electron chi connectivity index (χ2n) is 8.19. The Hall–Kier alpha value is -3.40. The van der Waals surface area contributed by atoms with Crippen LogP contribution in [0.25, 0.3) is 16.0 Å². The molecule has 1 saturated heterocycles. The zero-order valence-corrected chi connectivity index (χ0v) is 21.6. The van der Waals surface area contributed by atoms with Crippen LogP contribution in [0.4, 0.5) is 5.13 Å². The molecule has 4 aromatic rings. The Labute approximate surface area is 222 Å². The lowest BCUT2D eigenvalue weighted by molar-refractivity contribution is -0.132. The topological polar surface area (TPSA) is 89.0 Å². The summed E-state index contributed by atoms with van der Waals surface area (Å²) in [6.07, 6.45) is 0. The van der Waals surface area contributed by atoms with Crippen LogP contribution in [0.5, 0.6) is 11.5 Å². The van der Waals surface area contributed by atoms with Crippen LogP contribution < -0.4 is 14.4 Å². The maximum Gasteiger partial charge on any atom is 0.301 e. The van der Waals surface area contributed by atoms with Gasteiger partial charge in [-0.3, -0.25) is 14.5 Å². The van der Waals surface area contributed by atoms with Crippen molar-refractivity contribution in [3.8, 4) is 11.5 Å². The summed E-state index contributed by atoms with van der Waals surface area (Å²) in [5.74, 6) is -0.858. The van der Waals surface area contributed by atoms with Crippen LogP contribution in [0.1, 0.15) is 17.2 Å². The van der Waals surface area contributed by atoms with E-state index in [-0.39, 0.29) is 11.3 Å². The number of fused-ring (bicyclic) bond motifs is 2. The van der Waals surface area contributed by atoms with Gasteiger partial charge < -0.3 is 14.6 Å². The lowest BCUT2D eigenvalue weighted by Crippen LogP contribution is -2.29. The summed E-state index contributed by atoms with van der Waals surface area (Å²) >= 11 is 10.8. The van der Waals surface area contributed by atoms with E-state index >= 15 is 0 Å². The van der Waals surface area contributed by atoms with Crippen molar-refractivity contribution >= 4 is 71.7 Å². The molecule has 1 N–H and O–H groups in total. The average molecular weight is 584 g/mol. The number of ether oxygens (including phenoxy) is 2. The Bertz CT molecular complexity index is 1580. The van der Waals surface area contributed by atoms with Gasteiger partial charge in [0.25, 0.3) is 5.78 Å². The maximum absolute atomic E-state index is 13.4. The molecule has 1 amide bonds. The molecular formula is C26H16BrClN2O5S. The predicted octanol–water partition coefficient (Wildman–Crippen LogP) is 6.11. The number of rotatable bonds is 3. The number of hydrogen-bond acceptors (Lipinski definition) is 7. The van der Waals surface area contributed by atoms with Crippen molar-refractivity contribution in [2.45, 2.75) is 6.04 Å². The first-order valence-electron chi connectivity index (χ1n) is 10.9. The van der Waals surface area contributed by atoms with Gasteiger partial charge in [0.15, 0.2) is 16.6 Å². The van der Waals surface area contributed by atoms with Gasteiger partial charge in [-0.25, -0.2) is 4.98 Å². The average Bonchev–Trinajstić information content (AvgIpc) is 3.41. The molecule has 7 nitrogen and oxygen atoms in total. The molecule has 0 radical (unpaired) electrons. The molecule has 1 unspecified atom stereocenters. The van der Waals surface area contributed by atoms with E-state index in [4.69, 9.17) is 21.1 Å². The third-order valence-electron chi connectivity index (χ3n) is 5.99. The van der Waals surface area contributed by atoms with Gasteiger partial charge in [-0.15, -0.1) is 0 Å². The predicted molar refractivity (Wildman–Crippen MR) is 141 cm³/mol. The maximum atomic E-state index is 13.4. The second-order valence-corrected chi connectivity index (χ2v) is 10.5. The number of ketones is 1. The number of halogens is 2. The molecule has 36 heavy (non-hydrogen) atoms. The Kier molecular flexibility index (Phi) is 5.70. The molecule has 0 bridgehead atoms. The Morgan fingerprint density at radius 1 is 1.03 bits per heavy atom. The molecule has 1 fully saturated rings. The highest BCUT2D eigenvalue weighted by atomic mass is 79.9. The van der Waals surface area contributed by atoms with Crippen molar-refractivity contribution < 1.29 is 24.2 Å². The molecule has 0 aliphatic carbocycles. The molecule has 10 heteroatoms. The summed E-state index contributed by atoms with van der Waals surface area (Å²) in [7, 11) is 0. The first-order valence-corrected chi connectivity index (χ1v) is 12.9. The lowest BCUT2D eigenvalue weighted by atomic mass is 9.95. The van der Waals surface area contributed by atoms with E-state index in [0.717, 1.165) is 9.17 Å². The van der Waals surface area contributed by atoms with Crippen molar-refractivity contribution in [3.63, 3.8) is 0 Å². The van der Waals surface area contributed by atoms with Crippen LogP contribution in [-0.4, -0.2) is 35.0 Å². The number of carbonyl (C=O) groups is 2. The molecule has 1 atom stereocenters. The van der Waals surface area contributed by atoms with Crippen molar-refractivity contribution in [1.29, 1.82) is 0 Å². The monoisotopic (exact) mass is 582 g/mol. The second kappa shape index (κ2) is 8.92. The zero-order chi connectivity index (χ0) is 25.0. The van der Waals surface area contributed by atoms with E-state index in [0.29, 0.717) is 51.5 Å². The largest absolute Gasteiger partial charge is 0.507 e. The van der Waals surface area contributed by atoms with E-state index in [9.17, 15) is 14.7 Å². The van der Waals surface area contributed by atoms with Crippen LogP contribution in [0, 0.1) is 0 Å². The van der Waals surface area contributed by atoms with Crippen LogP contribution in [0.3, 0.4) is 0 Å². The molecule has 3 aromatic carbocycles. The normalized spacial score (nSPS) is 18.7.